The first-order chi connectivity index (χ1) is 21.3. The molecule has 1 saturated heterocycles. The van der Waals surface area contributed by atoms with E-state index in [0.717, 1.165) is 56.8 Å². The van der Waals surface area contributed by atoms with Gasteiger partial charge in [-0.2, -0.15) is 5.26 Å². The summed E-state index contributed by atoms with van der Waals surface area (Å²) in [5.74, 6) is 0.418. The summed E-state index contributed by atoms with van der Waals surface area (Å²) in [6.45, 7) is 8.59. The van der Waals surface area contributed by atoms with Crippen LogP contribution >= 0.6 is 0 Å². The Hall–Kier alpha value is -4.89. The Morgan fingerprint density at radius 1 is 1.18 bits per heavy atom. The van der Waals surface area contributed by atoms with Crippen LogP contribution in [0.25, 0.3) is 0 Å². The monoisotopic (exact) mass is 597 g/mol. The molecule has 12 nitrogen and oxygen atoms in total. The zero-order valence-corrected chi connectivity index (χ0v) is 25.2. The second-order valence-electron chi connectivity index (χ2n) is 11.4. The molecule has 1 aliphatic heterocycles. The second kappa shape index (κ2) is 14.1. The number of rotatable bonds is 9. The lowest BCUT2D eigenvalue weighted by atomic mass is 9.89. The van der Waals surface area contributed by atoms with Gasteiger partial charge >= 0.3 is 6.03 Å². The summed E-state index contributed by atoms with van der Waals surface area (Å²) >= 11 is 0. The van der Waals surface area contributed by atoms with Gasteiger partial charge in [-0.15, -0.1) is 0 Å². The molecule has 2 aliphatic rings. The van der Waals surface area contributed by atoms with E-state index in [1.54, 1.807) is 17.2 Å². The fourth-order valence-electron chi connectivity index (χ4n) is 5.80. The summed E-state index contributed by atoms with van der Waals surface area (Å²) in [5.41, 5.74) is 3.39. The van der Waals surface area contributed by atoms with Gasteiger partial charge in [-0.1, -0.05) is 6.58 Å². The van der Waals surface area contributed by atoms with Gasteiger partial charge in [0, 0.05) is 49.6 Å². The number of nitrogens with one attached hydrogen (secondary N) is 3. The summed E-state index contributed by atoms with van der Waals surface area (Å²) in [5, 5.41) is 18.5. The molecule has 1 aliphatic carbocycles. The van der Waals surface area contributed by atoms with Gasteiger partial charge < -0.3 is 30.2 Å². The molecule has 3 heterocycles. The summed E-state index contributed by atoms with van der Waals surface area (Å²) in [7, 11) is 2.12. The molecule has 1 aromatic carbocycles. The van der Waals surface area contributed by atoms with E-state index >= 15 is 0 Å². The maximum atomic E-state index is 13.8. The predicted octanol–water partition coefficient (Wildman–Crippen LogP) is 4.35. The quantitative estimate of drug-likeness (QED) is 0.307. The molecule has 2 aromatic heterocycles. The molecule has 5 rings (SSSR count). The number of benzene rings is 1. The van der Waals surface area contributed by atoms with Crippen LogP contribution < -0.4 is 25.8 Å². The van der Waals surface area contributed by atoms with Crippen LogP contribution in [0.4, 0.5) is 27.7 Å². The highest BCUT2D eigenvalue weighted by atomic mass is 16.3. The highest BCUT2D eigenvalue weighted by molar-refractivity contribution is 6.02. The normalized spacial score (nSPS) is 20.3. The maximum Gasteiger partial charge on any atom is 0.322 e. The highest BCUT2D eigenvalue weighted by Gasteiger charge is 2.31. The molecule has 0 spiro atoms. The largest absolute Gasteiger partial charge is 0.451 e. The smallest absolute Gasteiger partial charge is 0.322 e. The van der Waals surface area contributed by atoms with E-state index in [-0.39, 0.29) is 30.6 Å². The standard InChI is InChI=1S/C32H39N9O3/c1-4-31(42)38-28-15-27(10-11-29(28)40-14-13-39(3)22(2)19-40)41(32(43)35-18-25-20-44-21-36-25)26-8-6-24(7-9-26)37-30-12-5-23(16-33)17-34-30/h4-5,10-12,15,17,20-22,24,26H,1,6-9,13-14,18-19H2,2-3H3,(H,34,37)(H,35,43)(H,38,42). The lowest BCUT2D eigenvalue weighted by Crippen LogP contribution is -2.50. The number of nitriles is 1. The van der Waals surface area contributed by atoms with Gasteiger partial charge in [0.05, 0.1) is 29.2 Å². The van der Waals surface area contributed by atoms with Crippen molar-refractivity contribution in [1.29, 1.82) is 5.26 Å². The van der Waals surface area contributed by atoms with E-state index in [4.69, 9.17) is 9.68 Å². The van der Waals surface area contributed by atoms with Crippen LogP contribution in [0.15, 0.2) is 66.3 Å². The molecule has 3 aromatic rings. The third kappa shape index (κ3) is 7.36. The number of anilines is 4. The van der Waals surface area contributed by atoms with Gasteiger partial charge in [-0.25, -0.2) is 14.8 Å². The Morgan fingerprint density at radius 3 is 2.66 bits per heavy atom. The van der Waals surface area contributed by atoms with Crippen molar-refractivity contribution in [3.63, 3.8) is 0 Å². The zero-order chi connectivity index (χ0) is 31.1. The van der Waals surface area contributed by atoms with Crippen LogP contribution in [0.1, 0.15) is 43.9 Å². The SMILES string of the molecule is C=CC(=O)Nc1cc(N(C(=O)NCc2cocn2)C2CCC(Nc3ccc(C#N)cn3)CC2)ccc1N1CCN(C)C(C)C1. The number of hydrogen-bond donors (Lipinski definition) is 3. The number of nitrogens with zero attached hydrogens (tertiary/aromatic N) is 6. The number of amides is 3. The van der Waals surface area contributed by atoms with Crippen molar-refractivity contribution in [2.75, 3.05) is 47.1 Å². The van der Waals surface area contributed by atoms with Gasteiger partial charge in [0.15, 0.2) is 6.39 Å². The fourth-order valence-corrected chi connectivity index (χ4v) is 5.80. The summed E-state index contributed by atoms with van der Waals surface area (Å²) in [4.78, 5) is 41.2. The number of carbonyl (C=O) groups is 2. The van der Waals surface area contributed by atoms with Crippen molar-refractivity contribution in [3.8, 4) is 6.07 Å². The minimum Gasteiger partial charge on any atom is -0.451 e. The minimum absolute atomic E-state index is 0.0725. The number of oxazole rings is 1. The van der Waals surface area contributed by atoms with E-state index in [2.05, 4.69) is 62.3 Å². The Labute approximate surface area is 257 Å². The second-order valence-corrected chi connectivity index (χ2v) is 11.4. The van der Waals surface area contributed by atoms with Crippen LogP contribution in [-0.4, -0.2) is 71.6 Å². The highest BCUT2D eigenvalue weighted by Crippen LogP contribution is 2.35. The van der Waals surface area contributed by atoms with Gasteiger partial charge in [0.1, 0.15) is 18.2 Å². The van der Waals surface area contributed by atoms with Crippen molar-refractivity contribution in [2.24, 2.45) is 0 Å². The van der Waals surface area contributed by atoms with Crippen molar-refractivity contribution in [2.45, 2.75) is 57.3 Å². The maximum absolute atomic E-state index is 13.8. The van der Waals surface area contributed by atoms with E-state index in [9.17, 15) is 9.59 Å². The molecule has 3 N–H and O–H groups in total. The Bertz CT molecular complexity index is 1480. The van der Waals surface area contributed by atoms with Crippen molar-refractivity contribution >= 4 is 34.8 Å². The topological polar surface area (TPSA) is 143 Å². The van der Waals surface area contributed by atoms with Gasteiger partial charge in [-0.05, 0) is 76.1 Å². The first-order valence-electron chi connectivity index (χ1n) is 14.9. The number of aromatic nitrogens is 2. The van der Waals surface area contributed by atoms with Crippen LogP contribution in [0, 0.1) is 11.3 Å². The number of hydrogen-bond acceptors (Lipinski definition) is 9. The first kappa shape index (κ1) is 30.6. The molecule has 1 saturated carbocycles. The molecule has 1 unspecified atom stereocenters. The lowest BCUT2D eigenvalue weighted by Gasteiger charge is -2.40. The van der Waals surface area contributed by atoms with Gasteiger partial charge in [0.25, 0.3) is 0 Å². The van der Waals surface area contributed by atoms with E-state index in [1.807, 2.05) is 24.3 Å². The average molecular weight is 598 g/mol. The van der Waals surface area contributed by atoms with E-state index in [0.29, 0.717) is 28.7 Å². The number of carbonyl (C=O) groups excluding carboxylic acids is 2. The van der Waals surface area contributed by atoms with Crippen LogP contribution in [0.3, 0.4) is 0 Å². The minimum atomic E-state index is -0.310. The molecule has 12 heteroatoms. The van der Waals surface area contributed by atoms with Crippen LogP contribution in [-0.2, 0) is 11.3 Å². The summed E-state index contributed by atoms with van der Waals surface area (Å²) in [6, 6.07) is 11.7. The molecule has 44 heavy (non-hydrogen) atoms. The molecular weight excluding hydrogens is 558 g/mol. The van der Waals surface area contributed by atoms with Gasteiger partial charge in [0.2, 0.25) is 5.91 Å². The number of likely N-dealkylation sites (N-methyl/N-ethyl adjacent to an activating group) is 1. The lowest BCUT2D eigenvalue weighted by molar-refractivity contribution is -0.111. The molecule has 230 valence electrons. The van der Waals surface area contributed by atoms with Crippen LogP contribution in [0.5, 0.6) is 0 Å². The molecule has 0 radical (unpaired) electrons. The number of urea groups is 1. The summed E-state index contributed by atoms with van der Waals surface area (Å²) in [6.07, 6.45) is 8.84. The summed E-state index contributed by atoms with van der Waals surface area (Å²) < 4.78 is 5.07. The van der Waals surface area contributed by atoms with Crippen molar-refractivity contribution in [1.82, 2.24) is 20.2 Å². The number of pyridine rings is 1. The Balaban J connectivity index is 1.38. The molecule has 2 fully saturated rings. The predicted molar refractivity (Wildman–Crippen MR) is 169 cm³/mol. The zero-order valence-electron chi connectivity index (χ0n) is 25.2. The number of piperazine rings is 1. The average Bonchev–Trinajstić information content (AvgIpc) is 3.57. The van der Waals surface area contributed by atoms with Gasteiger partial charge in [-0.3, -0.25) is 9.69 Å². The Morgan fingerprint density at radius 2 is 2.00 bits per heavy atom. The molecule has 3 amide bonds. The molecular formula is C32H39N9O3. The molecule has 0 bridgehead atoms. The van der Waals surface area contributed by atoms with E-state index in [1.165, 1.54) is 18.7 Å². The van der Waals surface area contributed by atoms with Crippen molar-refractivity contribution < 1.29 is 14.0 Å². The van der Waals surface area contributed by atoms with Crippen molar-refractivity contribution in [3.05, 3.63) is 73.1 Å². The van der Waals surface area contributed by atoms with E-state index < -0.39 is 0 Å². The third-order valence-electron chi connectivity index (χ3n) is 8.43. The molecule has 1 atom stereocenters. The fraction of sp³-hybridized carbons (Fsp3) is 0.406. The van der Waals surface area contributed by atoms with Crippen LogP contribution in [0.2, 0.25) is 0 Å². The first-order valence-corrected chi connectivity index (χ1v) is 14.9. The third-order valence-corrected chi connectivity index (χ3v) is 8.43. The Kier molecular flexibility index (Phi) is 9.76.